The minimum absolute atomic E-state index is 0.225. The van der Waals surface area contributed by atoms with Gasteiger partial charge in [-0.3, -0.25) is 10.8 Å². The van der Waals surface area contributed by atoms with Gasteiger partial charge in [0.2, 0.25) is 0 Å². The SMILES string of the molecule is NNC(c1cncc(F)c1)c1c(F)cc(Br)cc1F. The van der Waals surface area contributed by atoms with Crippen LogP contribution in [0, 0.1) is 17.5 Å². The lowest BCUT2D eigenvalue weighted by molar-refractivity contribution is 0.506. The predicted octanol–water partition coefficient (Wildman–Crippen LogP) is 2.81. The van der Waals surface area contributed by atoms with E-state index in [0.29, 0.717) is 0 Å². The molecule has 0 aliphatic heterocycles. The molecule has 3 nitrogen and oxygen atoms in total. The monoisotopic (exact) mass is 331 g/mol. The largest absolute Gasteiger partial charge is 0.271 e. The zero-order valence-electron chi connectivity index (χ0n) is 9.50. The third-order valence-corrected chi connectivity index (χ3v) is 3.02. The zero-order valence-corrected chi connectivity index (χ0v) is 11.1. The molecule has 0 saturated carbocycles. The number of aromatic nitrogens is 1. The summed E-state index contributed by atoms with van der Waals surface area (Å²) in [5.74, 6) is 3.12. The predicted molar refractivity (Wildman–Crippen MR) is 67.4 cm³/mol. The number of nitrogens with zero attached hydrogens (tertiary/aromatic N) is 1. The fourth-order valence-corrected chi connectivity index (χ4v) is 2.16. The van der Waals surface area contributed by atoms with Gasteiger partial charge >= 0.3 is 0 Å². The summed E-state index contributed by atoms with van der Waals surface area (Å²) < 4.78 is 41.1. The highest BCUT2D eigenvalue weighted by molar-refractivity contribution is 9.10. The molecule has 0 aliphatic carbocycles. The van der Waals surface area contributed by atoms with Crippen molar-refractivity contribution in [2.75, 3.05) is 0 Å². The number of nitrogens with two attached hydrogens (primary N) is 1. The average molecular weight is 332 g/mol. The maximum atomic E-state index is 13.9. The number of rotatable bonds is 3. The Morgan fingerprint density at radius 2 is 1.74 bits per heavy atom. The summed E-state index contributed by atoms with van der Waals surface area (Å²) in [6, 6.07) is 2.29. The summed E-state index contributed by atoms with van der Waals surface area (Å²) >= 11 is 2.98. The van der Waals surface area contributed by atoms with E-state index in [1.165, 1.54) is 6.20 Å². The summed E-state index contributed by atoms with van der Waals surface area (Å²) in [5, 5.41) is 0. The van der Waals surface area contributed by atoms with Crippen LogP contribution in [-0.2, 0) is 0 Å². The van der Waals surface area contributed by atoms with Gasteiger partial charge in [0, 0.05) is 16.2 Å². The first-order valence-corrected chi connectivity index (χ1v) is 6.03. The summed E-state index contributed by atoms with van der Waals surface area (Å²) in [5.41, 5.74) is 2.19. The molecular formula is C12H9BrF3N3. The number of halogens is 4. The molecule has 0 saturated heterocycles. The van der Waals surface area contributed by atoms with Gasteiger partial charge < -0.3 is 0 Å². The Morgan fingerprint density at radius 1 is 1.11 bits per heavy atom. The summed E-state index contributed by atoms with van der Waals surface area (Å²) in [4.78, 5) is 3.63. The Bertz CT molecular complexity index is 584. The van der Waals surface area contributed by atoms with E-state index in [-0.39, 0.29) is 15.6 Å². The minimum Gasteiger partial charge on any atom is -0.271 e. The first kappa shape index (κ1) is 14.0. The van der Waals surface area contributed by atoms with E-state index in [2.05, 4.69) is 26.3 Å². The number of nitrogens with one attached hydrogen (secondary N) is 1. The highest BCUT2D eigenvalue weighted by Crippen LogP contribution is 2.28. The molecule has 1 unspecified atom stereocenters. The molecule has 100 valence electrons. The standard InChI is InChI=1S/C12H9BrF3N3/c13-7-2-9(15)11(10(16)3-7)12(19-17)6-1-8(14)5-18-4-6/h1-5,12,19H,17H2. The third-order valence-electron chi connectivity index (χ3n) is 2.56. The van der Waals surface area contributed by atoms with Gasteiger partial charge in [-0.15, -0.1) is 0 Å². The Balaban J connectivity index is 2.54. The van der Waals surface area contributed by atoms with Crippen molar-refractivity contribution in [3.63, 3.8) is 0 Å². The van der Waals surface area contributed by atoms with E-state index in [9.17, 15) is 13.2 Å². The normalized spacial score (nSPS) is 12.5. The average Bonchev–Trinajstić information content (AvgIpc) is 2.33. The van der Waals surface area contributed by atoms with Gasteiger partial charge in [-0.05, 0) is 23.8 Å². The molecule has 1 aromatic heterocycles. The zero-order chi connectivity index (χ0) is 14.0. The van der Waals surface area contributed by atoms with Crippen molar-refractivity contribution in [1.29, 1.82) is 0 Å². The van der Waals surface area contributed by atoms with Gasteiger partial charge in [0.1, 0.15) is 17.5 Å². The molecule has 0 spiro atoms. The number of hydrogen-bond donors (Lipinski definition) is 2. The van der Waals surface area contributed by atoms with E-state index in [4.69, 9.17) is 5.84 Å². The number of benzene rings is 1. The van der Waals surface area contributed by atoms with Crippen molar-refractivity contribution in [2.24, 2.45) is 5.84 Å². The topological polar surface area (TPSA) is 50.9 Å². The van der Waals surface area contributed by atoms with Crippen molar-refractivity contribution in [1.82, 2.24) is 10.4 Å². The second kappa shape index (κ2) is 5.68. The lowest BCUT2D eigenvalue weighted by Crippen LogP contribution is -2.30. The molecule has 3 N–H and O–H groups in total. The molecule has 1 aromatic carbocycles. The summed E-state index contributed by atoms with van der Waals surface area (Å²) in [7, 11) is 0. The summed E-state index contributed by atoms with van der Waals surface area (Å²) in [6.45, 7) is 0. The number of hydrazine groups is 1. The fraction of sp³-hybridized carbons (Fsp3) is 0.0833. The summed E-state index contributed by atoms with van der Waals surface area (Å²) in [6.07, 6.45) is 2.28. The van der Waals surface area contributed by atoms with Crippen molar-refractivity contribution < 1.29 is 13.2 Å². The van der Waals surface area contributed by atoms with Crippen LogP contribution in [0.1, 0.15) is 17.2 Å². The first-order chi connectivity index (χ1) is 9.02. The Hall–Kier alpha value is -1.44. The third kappa shape index (κ3) is 2.94. The van der Waals surface area contributed by atoms with Gasteiger partial charge in [-0.1, -0.05) is 15.9 Å². The lowest BCUT2D eigenvalue weighted by Gasteiger charge is -2.18. The molecule has 1 heterocycles. The molecule has 0 amide bonds. The van der Waals surface area contributed by atoms with E-state index in [1.807, 2.05) is 0 Å². The van der Waals surface area contributed by atoms with Crippen molar-refractivity contribution in [3.8, 4) is 0 Å². The van der Waals surface area contributed by atoms with Crippen LogP contribution in [0.2, 0.25) is 0 Å². The van der Waals surface area contributed by atoms with Gasteiger partial charge in [-0.25, -0.2) is 18.6 Å². The van der Waals surface area contributed by atoms with E-state index in [1.54, 1.807) is 0 Å². The second-order valence-electron chi connectivity index (χ2n) is 3.82. The molecule has 1 atom stereocenters. The van der Waals surface area contributed by atoms with Gasteiger partial charge in [-0.2, -0.15) is 0 Å². The van der Waals surface area contributed by atoms with E-state index >= 15 is 0 Å². The van der Waals surface area contributed by atoms with Crippen LogP contribution in [-0.4, -0.2) is 4.98 Å². The van der Waals surface area contributed by atoms with E-state index in [0.717, 1.165) is 24.4 Å². The Labute approximate surface area is 115 Å². The molecule has 2 aromatic rings. The van der Waals surface area contributed by atoms with E-state index < -0.39 is 23.5 Å². The molecule has 0 radical (unpaired) electrons. The maximum absolute atomic E-state index is 13.9. The molecule has 0 bridgehead atoms. The van der Waals surface area contributed by atoms with Gasteiger partial charge in [0.15, 0.2) is 0 Å². The molecule has 0 fully saturated rings. The van der Waals surface area contributed by atoms with Crippen LogP contribution in [0.3, 0.4) is 0 Å². The van der Waals surface area contributed by atoms with Crippen LogP contribution in [0.5, 0.6) is 0 Å². The molecule has 2 rings (SSSR count). The lowest BCUT2D eigenvalue weighted by atomic mass is 9.99. The Morgan fingerprint density at radius 3 is 2.26 bits per heavy atom. The van der Waals surface area contributed by atoms with Crippen molar-refractivity contribution >= 4 is 15.9 Å². The number of hydrogen-bond acceptors (Lipinski definition) is 3. The quantitative estimate of drug-likeness (QED) is 0.671. The molecule has 19 heavy (non-hydrogen) atoms. The highest BCUT2D eigenvalue weighted by Gasteiger charge is 2.22. The molecular weight excluding hydrogens is 323 g/mol. The van der Waals surface area contributed by atoms with Crippen LogP contribution in [0.4, 0.5) is 13.2 Å². The van der Waals surface area contributed by atoms with Crippen LogP contribution in [0.25, 0.3) is 0 Å². The first-order valence-electron chi connectivity index (χ1n) is 5.24. The highest BCUT2D eigenvalue weighted by atomic mass is 79.9. The van der Waals surface area contributed by atoms with Crippen LogP contribution < -0.4 is 11.3 Å². The smallest absolute Gasteiger partial charge is 0.141 e. The minimum atomic E-state index is -1.03. The van der Waals surface area contributed by atoms with Crippen LogP contribution >= 0.6 is 15.9 Å². The molecule has 7 heteroatoms. The maximum Gasteiger partial charge on any atom is 0.141 e. The fourth-order valence-electron chi connectivity index (χ4n) is 1.76. The van der Waals surface area contributed by atoms with Crippen molar-refractivity contribution in [2.45, 2.75) is 6.04 Å². The van der Waals surface area contributed by atoms with Crippen LogP contribution in [0.15, 0.2) is 35.1 Å². The second-order valence-corrected chi connectivity index (χ2v) is 4.73. The molecule has 0 aliphatic rings. The van der Waals surface area contributed by atoms with Gasteiger partial charge in [0.25, 0.3) is 0 Å². The van der Waals surface area contributed by atoms with Gasteiger partial charge in [0.05, 0.1) is 12.2 Å². The van der Waals surface area contributed by atoms with Crippen molar-refractivity contribution in [3.05, 3.63) is 63.6 Å². The number of pyridine rings is 1. The Kier molecular flexibility index (Phi) is 4.18.